The molecule has 1 rings (SSSR count). The first-order valence-corrected chi connectivity index (χ1v) is 4.61. The molecule has 0 aromatic carbocycles. The number of allylic oxidation sites excluding steroid dienone is 1. The van der Waals surface area contributed by atoms with Gasteiger partial charge in [-0.1, -0.05) is 25.5 Å². The highest BCUT2D eigenvalue weighted by atomic mass is 16.5. The van der Waals surface area contributed by atoms with Crippen molar-refractivity contribution in [3.8, 4) is 0 Å². The Hall–Kier alpha value is -0.340. The Kier molecular flexibility index (Phi) is 2.91. The first kappa shape index (κ1) is 9.75. The van der Waals surface area contributed by atoms with Crippen molar-refractivity contribution in [2.24, 2.45) is 11.8 Å². The second-order valence-corrected chi connectivity index (χ2v) is 4.12. The maximum Gasteiger partial charge on any atom is 0.0557 e. The smallest absolute Gasteiger partial charge is 0.0557 e. The van der Waals surface area contributed by atoms with E-state index in [0.29, 0.717) is 11.8 Å². The highest BCUT2D eigenvalue weighted by Crippen LogP contribution is 2.30. The van der Waals surface area contributed by atoms with Crippen molar-refractivity contribution in [2.75, 3.05) is 7.05 Å². The van der Waals surface area contributed by atoms with E-state index >= 15 is 0 Å². The van der Waals surface area contributed by atoms with E-state index in [0.717, 1.165) is 0 Å². The Morgan fingerprint density at radius 3 is 2.58 bits per heavy atom. The van der Waals surface area contributed by atoms with Crippen LogP contribution in [0, 0.1) is 11.8 Å². The van der Waals surface area contributed by atoms with Crippen LogP contribution in [0.5, 0.6) is 0 Å². The lowest BCUT2D eigenvalue weighted by atomic mass is 9.79. The summed E-state index contributed by atoms with van der Waals surface area (Å²) in [7, 11) is 1.73. The summed E-state index contributed by atoms with van der Waals surface area (Å²) in [5.41, 5.74) is 1.39. The summed E-state index contributed by atoms with van der Waals surface area (Å²) in [5, 5.41) is 10.7. The number of likely N-dealkylation sites (N-methyl/N-ethyl adjacent to an activating group) is 1. The summed E-state index contributed by atoms with van der Waals surface area (Å²) >= 11 is 0. The van der Waals surface area contributed by atoms with Crippen LogP contribution in [0.25, 0.3) is 0 Å². The van der Waals surface area contributed by atoms with E-state index < -0.39 is 0 Å². The summed E-state index contributed by atoms with van der Waals surface area (Å²) in [6, 6.07) is 0.203. The van der Waals surface area contributed by atoms with Crippen molar-refractivity contribution in [2.45, 2.75) is 33.2 Å². The predicted molar refractivity (Wildman–Crippen MR) is 50.0 cm³/mol. The van der Waals surface area contributed by atoms with Crippen LogP contribution in [0.2, 0.25) is 0 Å². The molecule has 0 aromatic rings. The molecule has 1 aliphatic carbocycles. The standard InChI is InChI=1S/C10H19NO/c1-7-5-8(2)9(3)10(6-7)11(4)12/h6,8-10,12H,5H2,1-4H3. The van der Waals surface area contributed by atoms with Crippen molar-refractivity contribution < 1.29 is 5.21 Å². The molecule has 1 N–H and O–H groups in total. The van der Waals surface area contributed by atoms with Gasteiger partial charge in [0.05, 0.1) is 6.04 Å². The first-order chi connectivity index (χ1) is 5.52. The van der Waals surface area contributed by atoms with Crippen molar-refractivity contribution in [1.82, 2.24) is 5.06 Å². The minimum atomic E-state index is 0.203. The van der Waals surface area contributed by atoms with Gasteiger partial charge in [-0.2, -0.15) is 5.06 Å². The lowest BCUT2D eigenvalue weighted by Gasteiger charge is -2.34. The van der Waals surface area contributed by atoms with Crippen LogP contribution in [0.15, 0.2) is 11.6 Å². The fourth-order valence-corrected chi connectivity index (χ4v) is 1.99. The third kappa shape index (κ3) is 1.87. The van der Waals surface area contributed by atoms with E-state index in [1.807, 2.05) is 0 Å². The van der Waals surface area contributed by atoms with Gasteiger partial charge in [0.1, 0.15) is 0 Å². The number of rotatable bonds is 1. The van der Waals surface area contributed by atoms with Crippen molar-refractivity contribution in [1.29, 1.82) is 0 Å². The Morgan fingerprint density at radius 1 is 1.50 bits per heavy atom. The molecule has 3 atom stereocenters. The molecule has 0 aliphatic heterocycles. The number of hydroxylamine groups is 2. The zero-order chi connectivity index (χ0) is 9.30. The van der Waals surface area contributed by atoms with Crippen LogP contribution < -0.4 is 0 Å². The molecule has 3 unspecified atom stereocenters. The molecule has 0 spiro atoms. The molecule has 0 aromatic heterocycles. The van der Waals surface area contributed by atoms with Crippen molar-refractivity contribution >= 4 is 0 Å². The fourth-order valence-electron chi connectivity index (χ4n) is 1.99. The van der Waals surface area contributed by atoms with Crippen LogP contribution in [0.4, 0.5) is 0 Å². The minimum absolute atomic E-state index is 0.203. The molecular weight excluding hydrogens is 150 g/mol. The molecule has 2 nitrogen and oxygen atoms in total. The number of hydrogen-bond donors (Lipinski definition) is 1. The maximum atomic E-state index is 9.37. The number of nitrogens with zero attached hydrogens (tertiary/aromatic N) is 1. The normalized spacial score (nSPS) is 36.8. The molecule has 1 aliphatic rings. The predicted octanol–water partition coefficient (Wildman–Crippen LogP) is 2.30. The third-order valence-electron chi connectivity index (χ3n) is 2.97. The monoisotopic (exact) mass is 169 g/mol. The van der Waals surface area contributed by atoms with Gasteiger partial charge in [0.25, 0.3) is 0 Å². The molecule has 0 bridgehead atoms. The van der Waals surface area contributed by atoms with E-state index in [4.69, 9.17) is 0 Å². The zero-order valence-corrected chi connectivity index (χ0v) is 8.41. The molecule has 2 heteroatoms. The molecule has 0 saturated heterocycles. The van der Waals surface area contributed by atoms with E-state index in [2.05, 4.69) is 26.8 Å². The summed E-state index contributed by atoms with van der Waals surface area (Å²) in [6.45, 7) is 6.58. The first-order valence-electron chi connectivity index (χ1n) is 4.61. The molecule has 12 heavy (non-hydrogen) atoms. The molecule has 0 radical (unpaired) electrons. The number of hydrogen-bond acceptors (Lipinski definition) is 2. The molecule has 70 valence electrons. The quantitative estimate of drug-likeness (QED) is 0.481. The van der Waals surface area contributed by atoms with Crippen LogP contribution >= 0.6 is 0 Å². The van der Waals surface area contributed by atoms with Gasteiger partial charge < -0.3 is 5.21 Å². The van der Waals surface area contributed by atoms with Gasteiger partial charge in [-0.3, -0.25) is 0 Å². The van der Waals surface area contributed by atoms with Gasteiger partial charge in [0.15, 0.2) is 0 Å². The van der Waals surface area contributed by atoms with Gasteiger partial charge in [-0.05, 0) is 25.2 Å². The second kappa shape index (κ2) is 3.58. The minimum Gasteiger partial charge on any atom is -0.314 e. The maximum absolute atomic E-state index is 9.37. The Bertz CT molecular complexity index is 186. The molecule has 0 amide bonds. The van der Waals surface area contributed by atoms with Gasteiger partial charge >= 0.3 is 0 Å². The summed E-state index contributed by atoms with van der Waals surface area (Å²) in [6.07, 6.45) is 3.34. The molecule has 0 heterocycles. The lowest BCUT2D eigenvalue weighted by Crippen LogP contribution is -2.38. The third-order valence-corrected chi connectivity index (χ3v) is 2.97. The largest absolute Gasteiger partial charge is 0.314 e. The summed E-state index contributed by atoms with van der Waals surface area (Å²) < 4.78 is 0. The van der Waals surface area contributed by atoms with Gasteiger partial charge in [0, 0.05) is 7.05 Å². The topological polar surface area (TPSA) is 23.5 Å². The Labute approximate surface area is 74.8 Å². The Morgan fingerprint density at radius 2 is 2.08 bits per heavy atom. The van der Waals surface area contributed by atoms with Crippen LogP contribution in [0.1, 0.15) is 27.2 Å². The van der Waals surface area contributed by atoms with Gasteiger partial charge in [-0.15, -0.1) is 0 Å². The lowest BCUT2D eigenvalue weighted by molar-refractivity contribution is -0.108. The average molecular weight is 169 g/mol. The SMILES string of the molecule is CC1=CC(N(C)O)C(C)C(C)C1. The molecule has 0 saturated carbocycles. The highest BCUT2D eigenvalue weighted by molar-refractivity contribution is 5.11. The Balaban J connectivity index is 2.77. The fraction of sp³-hybridized carbons (Fsp3) is 0.800. The van der Waals surface area contributed by atoms with Crippen molar-refractivity contribution in [3.63, 3.8) is 0 Å². The van der Waals surface area contributed by atoms with E-state index in [-0.39, 0.29) is 6.04 Å². The molecular formula is C10H19NO. The van der Waals surface area contributed by atoms with E-state index in [1.165, 1.54) is 17.1 Å². The van der Waals surface area contributed by atoms with Gasteiger partial charge in [-0.25, -0.2) is 0 Å². The van der Waals surface area contributed by atoms with Crippen LogP contribution in [-0.2, 0) is 0 Å². The van der Waals surface area contributed by atoms with Crippen LogP contribution in [-0.4, -0.2) is 23.4 Å². The zero-order valence-electron chi connectivity index (χ0n) is 8.41. The van der Waals surface area contributed by atoms with E-state index in [1.54, 1.807) is 7.05 Å². The highest BCUT2D eigenvalue weighted by Gasteiger charge is 2.27. The van der Waals surface area contributed by atoms with Gasteiger partial charge in [0.2, 0.25) is 0 Å². The van der Waals surface area contributed by atoms with Crippen molar-refractivity contribution in [3.05, 3.63) is 11.6 Å². The van der Waals surface area contributed by atoms with E-state index in [9.17, 15) is 5.21 Å². The summed E-state index contributed by atoms with van der Waals surface area (Å²) in [4.78, 5) is 0. The average Bonchev–Trinajstić information content (AvgIpc) is 1.96. The second-order valence-electron chi connectivity index (χ2n) is 4.12. The van der Waals surface area contributed by atoms with Crippen LogP contribution in [0.3, 0.4) is 0 Å². The summed E-state index contributed by atoms with van der Waals surface area (Å²) in [5.74, 6) is 1.22. The molecule has 0 fully saturated rings.